The highest BCUT2D eigenvalue weighted by atomic mass is 35.5. The molecule has 2 aliphatic rings. The van der Waals surface area contributed by atoms with E-state index in [2.05, 4.69) is 24.5 Å². The van der Waals surface area contributed by atoms with Crippen molar-refractivity contribution in [2.45, 2.75) is 58.0 Å². The van der Waals surface area contributed by atoms with Gasteiger partial charge >= 0.3 is 0 Å². The van der Waals surface area contributed by atoms with Crippen molar-refractivity contribution in [1.29, 1.82) is 0 Å². The van der Waals surface area contributed by atoms with Crippen molar-refractivity contribution in [3.8, 4) is 0 Å². The van der Waals surface area contributed by atoms with Gasteiger partial charge in [0, 0.05) is 31.5 Å². The summed E-state index contributed by atoms with van der Waals surface area (Å²) < 4.78 is 26.4. The Kier molecular flexibility index (Phi) is 7.41. The molecule has 0 saturated carbocycles. The normalized spacial score (nSPS) is 25.2. The molecule has 2 atom stereocenters. The average molecular weight is 368 g/mol. The van der Waals surface area contributed by atoms with E-state index in [-0.39, 0.29) is 36.2 Å². The first-order chi connectivity index (χ1) is 10.7. The standard InChI is InChI=1S/C16H27F2N3O2.ClH/c1-10(2)11(3)20-14(22)12-4-6-21(7-5-12)15(23)13-8-16(17,18)9-19-13;/h10-13,19H,4-9H2,1-3H3,(H,20,22);1H. The minimum Gasteiger partial charge on any atom is -0.353 e. The molecular formula is C16H28ClF2N3O2. The lowest BCUT2D eigenvalue weighted by atomic mass is 9.94. The van der Waals surface area contributed by atoms with Gasteiger partial charge in [0.1, 0.15) is 0 Å². The molecule has 140 valence electrons. The third-order valence-electron chi connectivity index (χ3n) is 4.96. The number of amides is 2. The number of piperidine rings is 1. The molecule has 0 aliphatic carbocycles. The average Bonchev–Trinajstić information content (AvgIpc) is 2.86. The van der Waals surface area contributed by atoms with E-state index in [0.29, 0.717) is 31.8 Å². The van der Waals surface area contributed by atoms with Crippen LogP contribution < -0.4 is 10.6 Å². The van der Waals surface area contributed by atoms with Crippen molar-refractivity contribution in [3.05, 3.63) is 0 Å². The van der Waals surface area contributed by atoms with E-state index < -0.39 is 24.9 Å². The highest BCUT2D eigenvalue weighted by Crippen LogP contribution is 2.27. The number of nitrogens with one attached hydrogen (secondary N) is 2. The Labute approximate surface area is 148 Å². The lowest BCUT2D eigenvalue weighted by Gasteiger charge is -2.33. The van der Waals surface area contributed by atoms with Gasteiger partial charge in [0.15, 0.2) is 0 Å². The topological polar surface area (TPSA) is 61.4 Å². The van der Waals surface area contributed by atoms with Crippen molar-refractivity contribution in [3.63, 3.8) is 0 Å². The summed E-state index contributed by atoms with van der Waals surface area (Å²) in [4.78, 5) is 26.1. The molecule has 2 fully saturated rings. The third kappa shape index (κ3) is 5.28. The van der Waals surface area contributed by atoms with E-state index >= 15 is 0 Å². The van der Waals surface area contributed by atoms with E-state index in [9.17, 15) is 18.4 Å². The molecule has 5 nitrogen and oxygen atoms in total. The number of carbonyl (C=O) groups is 2. The minimum absolute atomic E-state index is 0. The first-order valence-electron chi connectivity index (χ1n) is 8.40. The van der Waals surface area contributed by atoms with E-state index in [1.165, 1.54) is 0 Å². The molecule has 0 bridgehead atoms. The Hall–Kier alpha value is -0.950. The van der Waals surface area contributed by atoms with E-state index in [4.69, 9.17) is 0 Å². The first-order valence-corrected chi connectivity index (χ1v) is 8.40. The van der Waals surface area contributed by atoms with Gasteiger partial charge < -0.3 is 10.2 Å². The molecule has 2 unspecified atom stereocenters. The van der Waals surface area contributed by atoms with Crippen LogP contribution in [0.25, 0.3) is 0 Å². The number of rotatable bonds is 4. The van der Waals surface area contributed by atoms with Crippen molar-refractivity contribution >= 4 is 24.2 Å². The molecule has 2 rings (SSSR count). The van der Waals surface area contributed by atoms with Gasteiger partial charge in [-0.25, -0.2) is 8.78 Å². The molecule has 8 heteroatoms. The lowest BCUT2D eigenvalue weighted by Crippen LogP contribution is -2.49. The fourth-order valence-electron chi connectivity index (χ4n) is 2.98. The van der Waals surface area contributed by atoms with Gasteiger partial charge in [0.25, 0.3) is 5.92 Å². The maximum atomic E-state index is 13.2. The van der Waals surface area contributed by atoms with Gasteiger partial charge in [0.05, 0.1) is 12.6 Å². The van der Waals surface area contributed by atoms with E-state index in [0.717, 1.165) is 0 Å². The summed E-state index contributed by atoms with van der Waals surface area (Å²) in [7, 11) is 0. The number of alkyl halides is 2. The van der Waals surface area contributed by atoms with Gasteiger partial charge in [-0.3, -0.25) is 14.9 Å². The predicted molar refractivity (Wildman–Crippen MR) is 90.3 cm³/mol. The summed E-state index contributed by atoms with van der Waals surface area (Å²) in [5.41, 5.74) is 0. The first kappa shape index (κ1) is 21.1. The van der Waals surface area contributed by atoms with Crippen LogP contribution in [0, 0.1) is 11.8 Å². The van der Waals surface area contributed by atoms with Gasteiger partial charge in [0.2, 0.25) is 11.8 Å². The maximum Gasteiger partial charge on any atom is 0.262 e. The monoisotopic (exact) mass is 367 g/mol. The van der Waals surface area contributed by atoms with Crippen LogP contribution >= 0.6 is 12.4 Å². The van der Waals surface area contributed by atoms with E-state index in [1.807, 2.05) is 6.92 Å². The zero-order valence-corrected chi connectivity index (χ0v) is 15.3. The van der Waals surface area contributed by atoms with Crippen LogP contribution in [0.3, 0.4) is 0 Å². The molecule has 0 aromatic carbocycles. The van der Waals surface area contributed by atoms with Crippen LogP contribution in [-0.2, 0) is 9.59 Å². The molecule has 0 aromatic heterocycles. The van der Waals surface area contributed by atoms with Crippen LogP contribution in [0.2, 0.25) is 0 Å². The summed E-state index contributed by atoms with van der Waals surface area (Å²) in [6.07, 6.45) is 0.745. The second-order valence-corrected chi connectivity index (χ2v) is 7.13. The highest BCUT2D eigenvalue weighted by Gasteiger charge is 2.44. The van der Waals surface area contributed by atoms with Gasteiger partial charge in [-0.05, 0) is 25.7 Å². The summed E-state index contributed by atoms with van der Waals surface area (Å²) in [6.45, 7) is 6.56. The SMILES string of the molecule is CC(C)C(C)NC(=O)C1CCN(C(=O)C2CC(F)(F)CN2)CC1.Cl. The highest BCUT2D eigenvalue weighted by molar-refractivity contribution is 5.85. The van der Waals surface area contributed by atoms with Crippen molar-refractivity contribution in [2.75, 3.05) is 19.6 Å². The Balaban J connectivity index is 0.00000288. The van der Waals surface area contributed by atoms with Gasteiger partial charge in [-0.1, -0.05) is 13.8 Å². The fraction of sp³-hybridized carbons (Fsp3) is 0.875. The number of likely N-dealkylation sites (tertiary alicyclic amines) is 1. The second-order valence-electron chi connectivity index (χ2n) is 7.13. The summed E-state index contributed by atoms with van der Waals surface area (Å²) >= 11 is 0. The zero-order chi connectivity index (χ0) is 17.2. The van der Waals surface area contributed by atoms with Crippen LogP contribution in [0.4, 0.5) is 8.78 Å². The van der Waals surface area contributed by atoms with Crippen LogP contribution in [-0.4, -0.2) is 54.4 Å². The molecular weight excluding hydrogens is 340 g/mol. The van der Waals surface area contributed by atoms with E-state index in [1.54, 1.807) is 4.90 Å². The third-order valence-corrected chi connectivity index (χ3v) is 4.96. The lowest BCUT2D eigenvalue weighted by molar-refractivity contribution is -0.137. The van der Waals surface area contributed by atoms with Crippen LogP contribution in [0.1, 0.15) is 40.0 Å². The molecule has 2 N–H and O–H groups in total. The smallest absolute Gasteiger partial charge is 0.262 e. The quantitative estimate of drug-likeness (QED) is 0.796. The maximum absolute atomic E-state index is 13.2. The molecule has 24 heavy (non-hydrogen) atoms. The summed E-state index contributed by atoms with van der Waals surface area (Å²) in [5.74, 6) is -2.76. The number of nitrogens with zero attached hydrogens (tertiary/aromatic N) is 1. The second kappa shape index (κ2) is 8.43. The molecule has 2 saturated heterocycles. The van der Waals surface area contributed by atoms with Crippen molar-refractivity contribution in [2.24, 2.45) is 11.8 Å². The van der Waals surface area contributed by atoms with Gasteiger partial charge in [-0.2, -0.15) is 0 Å². The molecule has 2 amide bonds. The van der Waals surface area contributed by atoms with Crippen LogP contribution in [0.15, 0.2) is 0 Å². The number of hydrogen-bond donors (Lipinski definition) is 2. The van der Waals surface area contributed by atoms with Crippen molar-refractivity contribution in [1.82, 2.24) is 15.5 Å². The molecule has 0 aromatic rings. The fourth-order valence-corrected chi connectivity index (χ4v) is 2.98. The van der Waals surface area contributed by atoms with Crippen LogP contribution in [0.5, 0.6) is 0 Å². The van der Waals surface area contributed by atoms with Gasteiger partial charge in [-0.15, -0.1) is 12.4 Å². The van der Waals surface area contributed by atoms with Crippen molar-refractivity contribution < 1.29 is 18.4 Å². The molecule has 2 heterocycles. The Bertz CT molecular complexity index is 455. The number of halogens is 3. The zero-order valence-electron chi connectivity index (χ0n) is 14.5. The number of hydrogen-bond acceptors (Lipinski definition) is 3. The minimum atomic E-state index is -2.80. The largest absolute Gasteiger partial charge is 0.353 e. The predicted octanol–water partition coefficient (Wildman–Crippen LogP) is 1.80. The Morgan fingerprint density at radius 2 is 1.79 bits per heavy atom. The molecule has 0 spiro atoms. The molecule has 0 radical (unpaired) electrons. The summed E-state index contributed by atoms with van der Waals surface area (Å²) in [6, 6.07) is -0.677. The molecule has 2 aliphatic heterocycles. The number of carbonyl (C=O) groups excluding carboxylic acids is 2. The Morgan fingerprint density at radius 1 is 1.21 bits per heavy atom. The summed E-state index contributed by atoms with van der Waals surface area (Å²) in [5, 5.41) is 5.60. The Morgan fingerprint density at radius 3 is 2.25 bits per heavy atom.